The maximum Gasteiger partial charge on any atom is 0.230 e. The van der Waals surface area contributed by atoms with Crippen molar-refractivity contribution in [2.75, 3.05) is 12.3 Å². The number of aromatic amines is 1. The summed E-state index contributed by atoms with van der Waals surface area (Å²) in [6, 6.07) is 4.12. The molecule has 18 heavy (non-hydrogen) atoms. The molecule has 0 spiro atoms. The highest BCUT2D eigenvalue weighted by Crippen LogP contribution is 2.16. The number of imidazole rings is 1. The van der Waals surface area contributed by atoms with E-state index in [9.17, 15) is 4.79 Å². The SMILES string of the molecule is O=C(CSCc1cccs1)NCCc1cnc[nH]1. The molecular weight excluding hydrogens is 266 g/mol. The Balaban J connectivity index is 1.55. The summed E-state index contributed by atoms with van der Waals surface area (Å²) in [5.74, 6) is 1.52. The molecular formula is C12H15N3OS2. The van der Waals surface area contributed by atoms with Crippen LogP contribution in [0.2, 0.25) is 0 Å². The third kappa shape index (κ3) is 4.54. The molecule has 0 aliphatic carbocycles. The van der Waals surface area contributed by atoms with Crippen LogP contribution >= 0.6 is 23.1 Å². The molecule has 2 aromatic heterocycles. The number of amides is 1. The van der Waals surface area contributed by atoms with Gasteiger partial charge in [0.05, 0.1) is 12.1 Å². The van der Waals surface area contributed by atoms with Gasteiger partial charge < -0.3 is 10.3 Å². The summed E-state index contributed by atoms with van der Waals surface area (Å²) in [6.45, 7) is 0.653. The highest BCUT2D eigenvalue weighted by Gasteiger charge is 2.02. The van der Waals surface area contributed by atoms with Crippen molar-refractivity contribution in [1.82, 2.24) is 15.3 Å². The summed E-state index contributed by atoms with van der Waals surface area (Å²) in [5, 5.41) is 4.95. The molecule has 6 heteroatoms. The van der Waals surface area contributed by atoms with E-state index < -0.39 is 0 Å². The number of aromatic nitrogens is 2. The second-order valence-electron chi connectivity index (χ2n) is 3.75. The largest absolute Gasteiger partial charge is 0.355 e. The molecule has 0 aliphatic rings. The first kappa shape index (κ1) is 13.2. The molecule has 4 nitrogen and oxygen atoms in total. The summed E-state index contributed by atoms with van der Waals surface area (Å²) in [5.41, 5.74) is 1.04. The molecule has 2 heterocycles. The summed E-state index contributed by atoms with van der Waals surface area (Å²) in [6.07, 6.45) is 4.22. The first-order valence-corrected chi connectivity index (χ1v) is 7.72. The molecule has 0 radical (unpaired) electrons. The predicted molar refractivity (Wildman–Crippen MR) is 75.8 cm³/mol. The third-order valence-electron chi connectivity index (χ3n) is 2.33. The van der Waals surface area contributed by atoms with Crippen molar-refractivity contribution in [3.8, 4) is 0 Å². The Labute approximate surface area is 114 Å². The van der Waals surface area contributed by atoms with Gasteiger partial charge in [0, 0.05) is 35.5 Å². The standard InChI is InChI=1S/C12H15N3OS2/c16-12(8-17-7-11-2-1-5-18-11)14-4-3-10-6-13-9-15-10/h1-2,5-6,9H,3-4,7-8H2,(H,13,15)(H,14,16). The van der Waals surface area contributed by atoms with Gasteiger partial charge in [0.25, 0.3) is 0 Å². The Morgan fingerprint density at radius 3 is 3.22 bits per heavy atom. The molecule has 0 atom stereocenters. The Hall–Kier alpha value is -1.27. The number of nitrogens with zero attached hydrogens (tertiary/aromatic N) is 1. The molecule has 2 N–H and O–H groups in total. The lowest BCUT2D eigenvalue weighted by Crippen LogP contribution is -2.27. The molecule has 0 fully saturated rings. The average Bonchev–Trinajstić information content (AvgIpc) is 3.01. The minimum absolute atomic E-state index is 0.0936. The van der Waals surface area contributed by atoms with Gasteiger partial charge in [-0.1, -0.05) is 6.07 Å². The molecule has 0 bridgehead atoms. The zero-order valence-corrected chi connectivity index (χ0v) is 11.5. The van der Waals surface area contributed by atoms with Gasteiger partial charge in [0.2, 0.25) is 5.91 Å². The lowest BCUT2D eigenvalue weighted by Gasteiger charge is -2.03. The highest BCUT2D eigenvalue weighted by atomic mass is 32.2. The van der Waals surface area contributed by atoms with Crippen molar-refractivity contribution >= 4 is 29.0 Å². The number of H-pyrrole nitrogens is 1. The van der Waals surface area contributed by atoms with Crippen LogP contribution in [0.3, 0.4) is 0 Å². The molecule has 0 aliphatic heterocycles. The van der Waals surface area contributed by atoms with Crippen LogP contribution in [-0.2, 0) is 17.0 Å². The van der Waals surface area contributed by atoms with Crippen molar-refractivity contribution in [1.29, 1.82) is 0 Å². The van der Waals surface area contributed by atoms with Crippen molar-refractivity contribution in [3.05, 3.63) is 40.6 Å². The number of hydrogen-bond donors (Lipinski definition) is 2. The Bertz CT molecular complexity index is 411. The maximum atomic E-state index is 11.5. The molecule has 0 saturated heterocycles. The van der Waals surface area contributed by atoms with Crippen LogP contribution in [-0.4, -0.2) is 28.2 Å². The van der Waals surface area contributed by atoms with Crippen molar-refractivity contribution in [3.63, 3.8) is 0 Å². The van der Waals surface area contributed by atoms with Crippen molar-refractivity contribution in [2.24, 2.45) is 0 Å². The lowest BCUT2D eigenvalue weighted by molar-refractivity contribution is -0.118. The summed E-state index contributed by atoms with van der Waals surface area (Å²) < 4.78 is 0. The number of nitrogens with one attached hydrogen (secondary N) is 2. The minimum Gasteiger partial charge on any atom is -0.355 e. The predicted octanol–water partition coefficient (Wildman–Crippen LogP) is 2.06. The number of hydrogen-bond acceptors (Lipinski definition) is 4. The fourth-order valence-corrected chi connectivity index (χ4v) is 3.15. The monoisotopic (exact) mass is 281 g/mol. The molecule has 96 valence electrons. The number of carbonyl (C=O) groups excluding carboxylic acids is 1. The van der Waals surface area contributed by atoms with Crippen LogP contribution in [0.1, 0.15) is 10.6 Å². The Morgan fingerprint density at radius 2 is 2.50 bits per heavy atom. The first-order valence-electron chi connectivity index (χ1n) is 5.68. The van der Waals surface area contributed by atoms with Gasteiger partial charge in [-0.3, -0.25) is 4.79 Å². The average molecular weight is 281 g/mol. The van der Waals surface area contributed by atoms with Crippen molar-refractivity contribution < 1.29 is 4.79 Å². The fraction of sp³-hybridized carbons (Fsp3) is 0.333. The third-order valence-corrected chi connectivity index (χ3v) is 4.37. The second-order valence-corrected chi connectivity index (χ2v) is 5.77. The molecule has 0 aromatic carbocycles. The zero-order valence-electron chi connectivity index (χ0n) is 9.89. The van der Waals surface area contributed by atoms with Crippen LogP contribution in [0, 0.1) is 0 Å². The summed E-state index contributed by atoms with van der Waals surface area (Å²) in [7, 11) is 0. The number of thiophene rings is 1. The first-order chi connectivity index (χ1) is 8.84. The van der Waals surface area contributed by atoms with E-state index in [-0.39, 0.29) is 5.91 Å². The second kappa shape index (κ2) is 7.23. The fourth-order valence-electron chi connectivity index (χ4n) is 1.45. The number of carbonyl (C=O) groups is 1. The van der Waals surface area contributed by atoms with Crippen LogP contribution in [0.4, 0.5) is 0 Å². The quantitative estimate of drug-likeness (QED) is 0.817. The van der Waals surface area contributed by atoms with E-state index in [1.807, 2.05) is 6.07 Å². The molecule has 2 rings (SSSR count). The van der Waals surface area contributed by atoms with Gasteiger partial charge in [0.15, 0.2) is 0 Å². The van der Waals surface area contributed by atoms with E-state index in [2.05, 4.69) is 26.7 Å². The molecule has 2 aromatic rings. The van der Waals surface area contributed by atoms with E-state index in [1.165, 1.54) is 4.88 Å². The topological polar surface area (TPSA) is 57.8 Å². The molecule has 0 saturated carbocycles. The van der Waals surface area contributed by atoms with Gasteiger partial charge in [-0.05, 0) is 11.4 Å². The lowest BCUT2D eigenvalue weighted by atomic mass is 10.3. The normalized spacial score (nSPS) is 10.4. The Kier molecular flexibility index (Phi) is 5.29. The highest BCUT2D eigenvalue weighted by molar-refractivity contribution is 7.99. The molecule has 0 unspecified atom stereocenters. The van der Waals surface area contributed by atoms with E-state index in [1.54, 1.807) is 35.6 Å². The summed E-state index contributed by atoms with van der Waals surface area (Å²) >= 11 is 3.37. The Morgan fingerprint density at radius 1 is 1.56 bits per heavy atom. The number of rotatable bonds is 7. The van der Waals surface area contributed by atoms with Crippen LogP contribution in [0.25, 0.3) is 0 Å². The number of thioether (sulfide) groups is 1. The van der Waals surface area contributed by atoms with Crippen LogP contribution < -0.4 is 5.32 Å². The van der Waals surface area contributed by atoms with Gasteiger partial charge in [0.1, 0.15) is 0 Å². The van der Waals surface area contributed by atoms with E-state index >= 15 is 0 Å². The van der Waals surface area contributed by atoms with E-state index in [0.717, 1.165) is 17.9 Å². The van der Waals surface area contributed by atoms with E-state index in [0.29, 0.717) is 12.3 Å². The van der Waals surface area contributed by atoms with Crippen molar-refractivity contribution in [2.45, 2.75) is 12.2 Å². The van der Waals surface area contributed by atoms with Gasteiger partial charge >= 0.3 is 0 Å². The maximum absolute atomic E-state index is 11.5. The van der Waals surface area contributed by atoms with E-state index in [4.69, 9.17) is 0 Å². The van der Waals surface area contributed by atoms with Gasteiger partial charge in [-0.2, -0.15) is 0 Å². The van der Waals surface area contributed by atoms with Gasteiger partial charge in [-0.15, -0.1) is 23.1 Å². The smallest absolute Gasteiger partial charge is 0.230 e. The minimum atomic E-state index is 0.0936. The zero-order chi connectivity index (χ0) is 12.6. The van der Waals surface area contributed by atoms with Crippen LogP contribution in [0.5, 0.6) is 0 Å². The van der Waals surface area contributed by atoms with Crippen LogP contribution in [0.15, 0.2) is 30.0 Å². The summed E-state index contributed by atoms with van der Waals surface area (Å²) in [4.78, 5) is 19.8. The molecule has 1 amide bonds. The van der Waals surface area contributed by atoms with Gasteiger partial charge in [-0.25, -0.2) is 4.98 Å².